The molecule has 0 aromatic heterocycles. The highest BCUT2D eigenvalue weighted by Gasteiger charge is 2.15. The minimum atomic E-state index is -0.452. The summed E-state index contributed by atoms with van der Waals surface area (Å²) in [5.41, 5.74) is 13.2. The number of nitrogen functional groups attached to an aromatic ring is 1. The SMILES string of the molecule is CCC(CSC)N(C)c1ccc(C(N)=O)cc1N. The van der Waals surface area contributed by atoms with E-state index in [4.69, 9.17) is 11.5 Å². The molecule has 100 valence electrons. The van der Waals surface area contributed by atoms with E-state index in [9.17, 15) is 4.79 Å². The van der Waals surface area contributed by atoms with Crippen molar-refractivity contribution in [1.29, 1.82) is 0 Å². The molecular formula is C13H21N3OS. The molecule has 1 amide bonds. The fourth-order valence-corrected chi connectivity index (χ4v) is 2.77. The van der Waals surface area contributed by atoms with E-state index >= 15 is 0 Å². The van der Waals surface area contributed by atoms with Crippen LogP contribution in [0.25, 0.3) is 0 Å². The molecule has 1 atom stereocenters. The van der Waals surface area contributed by atoms with E-state index in [1.807, 2.05) is 24.9 Å². The van der Waals surface area contributed by atoms with E-state index in [2.05, 4.69) is 18.1 Å². The molecule has 0 aliphatic rings. The number of benzene rings is 1. The van der Waals surface area contributed by atoms with E-state index < -0.39 is 5.91 Å². The molecule has 0 radical (unpaired) electrons. The van der Waals surface area contributed by atoms with Gasteiger partial charge in [0.25, 0.3) is 0 Å². The zero-order chi connectivity index (χ0) is 13.7. The lowest BCUT2D eigenvalue weighted by Crippen LogP contribution is -2.33. The third-order valence-electron chi connectivity index (χ3n) is 3.07. The molecule has 0 saturated heterocycles. The third-order valence-corrected chi connectivity index (χ3v) is 3.79. The van der Waals surface area contributed by atoms with Crippen LogP contribution in [0.1, 0.15) is 23.7 Å². The summed E-state index contributed by atoms with van der Waals surface area (Å²) >= 11 is 1.81. The summed E-state index contributed by atoms with van der Waals surface area (Å²) in [6, 6.07) is 5.65. The van der Waals surface area contributed by atoms with Crippen molar-refractivity contribution in [2.24, 2.45) is 5.73 Å². The number of carbonyl (C=O) groups is 1. The Hall–Kier alpha value is -1.36. The maximum absolute atomic E-state index is 11.1. The van der Waals surface area contributed by atoms with Crippen LogP contribution in [0.15, 0.2) is 18.2 Å². The van der Waals surface area contributed by atoms with Crippen molar-refractivity contribution >= 4 is 29.0 Å². The number of hydrogen-bond acceptors (Lipinski definition) is 4. The van der Waals surface area contributed by atoms with E-state index in [0.717, 1.165) is 17.9 Å². The van der Waals surface area contributed by atoms with Gasteiger partial charge < -0.3 is 16.4 Å². The van der Waals surface area contributed by atoms with Gasteiger partial charge in [0.2, 0.25) is 5.91 Å². The number of primary amides is 1. The fraction of sp³-hybridized carbons (Fsp3) is 0.462. The predicted molar refractivity (Wildman–Crippen MR) is 80.2 cm³/mol. The summed E-state index contributed by atoms with van der Waals surface area (Å²) in [6.45, 7) is 2.16. The highest BCUT2D eigenvalue weighted by atomic mass is 32.2. The van der Waals surface area contributed by atoms with Crippen molar-refractivity contribution in [2.45, 2.75) is 19.4 Å². The van der Waals surface area contributed by atoms with Crippen LogP contribution in [0, 0.1) is 0 Å². The molecule has 0 fully saturated rings. The minimum absolute atomic E-state index is 0.432. The molecule has 4 nitrogen and oxygen atoms in total. The molecule has 4 N–H and O–H groups in total. The van der Waals surface area contributed by atoms with Gasteiger partial charge >= 0.3 is 0 Å². The van der Waals surface area contributed by atoms with Gasteiger partial charge in [-0.3, -0.25) is 4.79 Å². The maximum atomic E-state index is 11.1. The molecule has 0 saturated carbocycles. The van der Waals surface area contributed by atoms with Crippen LogP contribution in [0.2, 0.25) is 0 Å². The van der Waals surface area contributed by atoms with Gasteiger partial charge in [-0.25, -0.2) is 0 Å². The zero-order valence-electron chi connectivity index (χ0n) is 11.1. The van der Waals surface area contributed by atoms with Crippen LogP contribution in [0.4, 0.5) is 11.4 Å². The smallest absolute Gasteiger partial charge is 0.248 e. The van der Waals surface area contributed by atoms with E-state index in [-0.39, 0.29) is 0 Å². The lowest BCUT2D eigenvalue weighted by atomic mass is 10.1. The van der Waals surface area contributed by atoms with Crippen molar-refractivity contribution < 1.29 is 4.79 Å². The molecule has 0 aliphatic carbocycles. The van der Waals surface area contributed by atoms with Gasteiger partial charge in [-0.2, -0.15) is 11.8 Å². The average molecular weight is 267 g/mol. The van der Waals surface area contributed by atoms with Crippen LogP contribution in [0.3, 0.4) is 0 Å². The molecule has 0 heterocycles. The summed E-state index contributed by atoms with van der Waals surface area (Å²) in [5.74, 6) is 0.594. The van der Waals surface area contributed by atoms with Crippen LogP contribution in [0.5, 0.6) is 0 Å². The Morgan fingerprint density at radius 2 is 2.17 bits per heavy atom. The second-order valence-electron chi connectivity index (χ2n) is 4.27. The van der Waals surface area contributed by atoms with Crippen LogP contribution in [-0.4, -0.2) is 31.0 Å². The average Bonchev–Trinajstić information content (AvgIpc) is 2.34. The summed E-state index contributed by atoms with van der Waals surface area (Å²) in [4.78, 5) is 13.2. The highest BCUT2D eigenvalue weighted by Crippen LogP contribution is 2.26. The molecule has 18 heavy (non-hydrogen) atoms. The molecule has 0 aliphatic heterocycles. The quantitative estimate of drug-likeness (QED) is 0.773. The fourth-order valence-electron chi connectivity index (χ4n) is 1.92. The number of nitrogens with zero attached hydrogens (tertiary/aromatic N) is 1. The van der Waals surface area contributed by atoms with Crippen molar-refractivity contribution in [1.82, 2.24) is 0 Å². The Bertz CT molecular complexity index is 423. The topological polar surface area (TPSA) is 72.3 Å². The first kappa shape index (κ1) is 14.7. The van der Waals surface area contributed by atoms with Gasteiger partial charge in [-0.15, -0.1) is 0 Å². The zero-order valence-corrected chi connectivity index (χ0v) is 12.0. The Morgan fingerprint density at radius 3 is 2.61 bits per heavy atom. The van der Waals surface area contributed by atoms with Gasteiger partial charge in [0.15, 0.2) is 0 Å². The molecule has 1 unspecified atom stereocenters. The monoisotopic (exact) mass is 267 g/mol. The first-order chi connectivity index (χ1) is 8.51. The lowest BCUT2D eigenvalue weighted by molar-refractivity contribution is 0.100. The summed E-state index contributed by atoms with van der Waals surface area (Å²) in [7, 11) is 2.03. The van der Waals surface area contributed by atoms with E-state index in [1.165, 1.54) is 0 Å². The highest BCUT2D eigenvalue weighted by molar-refractivity contribution is 7.98. The molecule has 5 heteroatoms. The van der Waals surface area contributed by atoms with Crippen LogP contribution >= 0.6 is 11.8 Å². The first-order valence-corrected chi connectivity index (χ1v) is 7.31. The summed E-state index contributed by atoms with van der Waals surface area (Å²) < 4.78 is 0. The largest absolute Gasteiger partial charge is 0.397 e. The number of amides is 1. The van der Waals surface area contributed by atoms with Gasteiger partial charge in [0.1, 0.15) is 0 Å². The van der Waals surface area contributed by atoms with Crippen molar-refractivity contribution in [3.63, 3.8) is 0 Å². The van der Waals surface area contributed by atoms with Crippen molar-refractivity contribution in [3.8, 4) is 0 Å². The lowest BCUT2D eigenvalue weighted by Gasteiger charge is -2.30. The Balaban J connectivity index is 2.98. The van der Waals surface area contributed by atoms with Crippen LogP contribution < -0.4 is 16.4 Å². The molecule has 1 aromatic rings. The number of hydrogen-bond donors (Lipinski definition) is 2. The van der Waals surface area contributed by atoms with Crippen LogP contribution in [-0.2, 0) is 0 Å². The second kappa shape index (κ2) is 6.54. The molecule has 0 spiro atoms. The Morgan fingerprint density at radius 1 is 1.50 bits per heavy atom. The molecule has 1 aromatic carbocycles. The standard InChI is InChI=1S/C13H21N3OS/c1-4-10(8-18-3)16(2)12-6-5-9(13(15)17)7-11(12)14/h5-7,10H,4,8,14H2,1-3H3,(H2,15,17). The number of anilines is 2. The number of rotatable bonds is 6. The summed E-state index contributed by atoms with van der Waals surface area (Å²) in [6.07, 6.45) is 3.14. The Labute approximate surface area is 113 Å². The third kappa shape index (κ3) is 3.32. The van der Waals surface area contributed by atoms with Crippen molar-refractivity contribution in [2.75, 3.05) is 29.7 Å². The molecule has 0 bridgehead atoms. The Kier molecular flexibility index (Phi) is 5.34. The molecule has 1 rings (SSSR count). The number of thioether (sulfide) groups is 1. The second-order valence-corrected chi connectivity index (χ2v) is 5.18. The number of nitrogens with two attached hydrogens (primary N) is 2. The molecular weight excluding hydrogens is 246 g/mol. The van der Waals surface area contributed by atoms with Gasteiger partial charge in [0, 0.05) is 24.4 Å². The van der Waals surface area contributed by atoms with E-state index in [0.29, 0.717) is 17.3 Å². The minimum Gasteiger partial charge on any atom is -0.397 e. The predicted octanol–water partition coefficient (Wildman–Crippen LogP) is 1.95. The van der Waals surface area contributed by atoms with E-state index in [1.54, 1.807) is 12.1 Å². The van der Waals surface area contributed by atoms with Gasteiger partial charge in [-0.1, -0.05) is 6.92 Å². The maximum Gasteiger partial charge on any atom is 0.248 e. The first-order valence-electron chi connectivity index (χ1n) is 5.92. The number of carbonyl (C=O) groups excluding carboxylic acids is 1. The van der Waals surface area contributed by atoms with Crippen molar-refractivity contribution in [3.05, 3.63) is 23.8 Å². The van der Waals surface area contributed by atoms with Gasteiger partial charge in [0.05, 0.1) is 11.4 Å². The van der Waals surface area contributed by atoms with Gasteiger partial charge in [-0.05, 0) is 30.9 Å². The normalized spacial score (nSPS) is 12.2. The summed E-state index contributed by atoms with van der Waals surface area (Å²) in [5, 5.41) is 0.